The number of nitrogens with zero attached hydrogens (tertiary/aromatic N) is 1. The molecule has 0 radical (unpaired) electrons. The van der Waals surface area contributed by atoms with Gasteiger partial charge in [-0.3, -0.25) is 14.9 Å². The quantitative estimate of drug-likeness (QED) is 0.473. The fourth-order valence-electron chi connectivity index (χ4n) is 2.13. The number of hydrogen-bond acceptors (Lipinski definition) is 4. The summed E-state index contributed by atoms with van der Waals surface area (Å²) >= 11 is 6.14. The van der Waals surface area contributed by atoms with Crippen LogP contribution in [0.2, 0.25) is 5.02 Å². The number of aryl methyl sites for hydroxylation is 1. The van der Waals surface area contributed by atoms with Crippen LogP contribution in [0.15, 0.2) is 36.4 Å². The number of nitrogen functional groups attached to an aromatic ring is 1. The molecule has 3 N–H and O–H groups in total. The topological polar surface area (TPSA) is 98.3 Å². The highest BCUT2D eigenvalue weighted by Gasteiger charge is 2.14. The molecule has 1 amide bonds. The molecule has 0 atom stereocenters. The maximum atomic E-state index is 12.1. The van der Waals surface area contributed by atoms with E-state index in [1.807, 2.05) is 39.0 Å². The summed E-state index contributed by atoms with van der Waals surface area (Å²) in [5, 5.41) is 14.0. The van der Waals surface area contributed by atoms with Gasteiger partial charge >= 0.3 is 0 Å². The lowest BCUT2D eigenvalue weighted by molar-refractivity contribution is -0.384. The van der Waals surface area contributed by atoms with E-state index < -0.39 is 4.92 Å². The fourth-order valence-corrected chi connectivity index (χ4v) is 2.46. The van der Waals surface area contributed by atoms with Crippen LogP contribution in [-0.2, 0) is 6.42 Å². The van der Waals surface area contributed by atoms with Crippen molar-refractivity contribution in [2.24, 2.45) is 0 Å². The Morgan fingerprint density at radius 1 is 1.24 bits per heavy atom. The van der Waals surface area contributed by atoms with Gasteiger partial charge in [-0.15, -0.1) is 0 Å². The minimum absolute atomic E-state index is 0.0741. The Hall–Kier alpha value is -2.60. The third kappa shape index (κ3) is 5.76. The van der Waals surface area contributed by atoms with Crippen molar-refractivity contribution in [2.45, 2.75) is 27.2 Å². The van der Waals surface area contributed by atoms with Gasteiger partial charge in [-0.2, -0.15) is 0 Å². The summed E-state index contributed by atoms with van der Waals surface area (Å²) in [4.78, 5) is 22.2. The molecular formula is C18H22ClN3O3. The Balaban J connectivity index is 0.00000151. The van der Waals surface area contributed by atoms with E-state index in [9.17, 15) is 14.9 Å². The van der Waals surface area contributed by atoms with E-state index in [-0.39, 0.29) is 22.8 Å². The van der Waals surface area contributed by atoms with Crippen molar-refractivity contribution in [3.8, 4) is 0 Å². The average Bonchev–Trinajstić information content (AvgIpc) is 2.58. The zero-order valence-corrected chi connectivity index (χ0v) is 15.3. The Kier molecular flexibility index (Phi) is 7.88. The van der Waals surface area contributed by atoms with E-state index >= 15 is 0 Å². The molecular weight excluding hydrogens is 342 g/mol. The molecule has 2 aromatic carbocycles. The predicted octanol–water partition coefficient (Wildman–Crippen LogP) is 4.14. The van der Waals surface area contributed by atoms with Crippen LogP contribution in [0.25, 0.3) is 0 Å². The van der Waals surface area contributed by atoms with E-state index in [1.165, 1.54) is 18.2 Å². The molecule has 0 saturated carbocycles. The standard InChI is InChI=1S/C16H16ClN3O3.C2H6/c1-10-2-3-11(14(17)8-10)6-7-19-16(21)13-5-4-12(20(22)23)9-15(13)18;1-2/h2-5,8-9H,6-7,18H2,1H3,(H,19,21);1-2H3. The van der Waals surface area contributed by atoms with Gasteiger partial charge < -0.3 is 11.1 Å². The van der Waals surface area contributed by atoms with E-state index in [4.69, 9.17) is 17.3 Å². The zero-order valence-electron chi connectivity index (χ0n) is 14.5. The van der Waals surface area contributed by atoms with Gasteiger partial charge in [-0.25, -0.2) is 0 Å². The summed E-state index contributed by atoms with van der Waals surface area (Å²) in [5.41, 5.74) is 7.85. The van der Waals surface area contributed by atoms with Crippen LogP contribution >= 0.6 is 11.6 Å². The molecule has 0 aliphatic rings. The van der Waals surface area contributed by atoms with E-state index in [2.05, 4.69) is 5.32 Å². The SMILES string of the molecule is CC.Cc1ccc(CCNC(=O)c2ccc([N+](=O)[O-])cc2N)c(Cl)c1. The van der Waals surface area contributed by atoms with Crippen LogP contribution in [0.4, 0.5) is 11.4 Å². The van der Waals surface area contributed by atoms with Crippen LogP contribution in [0.1, 0.15) is 35.3 Å². The molecule has 0 aliphatic carbocycles. The van der Waals surface area contributed by atoms with Crippen LogP contribution in [0.5, 0.6) is 0 Å². The number of nitrogens with two attached hydrogens (primary N) is 1. The molecule has 0 spiro atoms. The predicted molar refractivity (Wildman–Crippen MR) is 101 cm³/mol. The molecule has 7 heteroatoms. The largest absolute Gasteiger partial charge is 0.398 e. The summed E-state index contributed by atoms with van der Waals surface area (Å²) in [6.07, 6.45) is 0.581. The first-order chi connectivity index (χ1) is 11.9. The van der Waals surface area contributed by atoms with Gasteiger partial charge in [0.1, 0.15) is 0 Å². The van der Waals surface area contributed by atoms with Crippen LogP contribution in [0, 0.1) is 17.0 Å². The monoisotopic (exact) mass is 363 g/mol. The smallest absolute Gasteiger partial charge is 0.271 e. The first kappa shape index (κ1) is 20.4. The van der Waals surface area contributed by atoms with Crippen molar-refractivity contribution in [1.82, 2.24) is 5.32 Å². The number of halogens is 1. The Morgan fingerprint density at radius 2 is 1.92 bits per heavy atom. The van der Waals surface area contributed by atoms with Crippen molar-refractivity contribution in [1.29, 1.82) is 0 Å². The number of nitro benzene ring substituents is 1. The van der Waals surface area contributed by atoms with Crippen LogP contribution in [-0.4, -0.2) is 17.4 Å². The lowest BCUT2D eigenvalue weighted by Crippen LogP contribution is -2.26. The van der Waals surface area contributed by atoms with Gasteiger partial charge in [0.05, 0.1) is 16.2 Å². The molecule has 25 heavy (non-hydrogen) atoms. The second-order valence-corrected chi connectivity index (χ2v) is 5.54. The maximum Gasteiger partial charge on any atom is 0.271 e. The third-order valence-electron chi connectivity index (χ3n) is 3.38. The number of non-ortho nitro benzene ring substituents is 1. The number of nitrogens with one attached hydrogen (secondary N) is 1. The van der Waals surface area contributed by atoms with Gasteiger partial charge in [-0.1, -0.05) is 37.6 Å². The molecule has 0 fully saturated rings. The number of nitro groups is 1. The molecule has 2 aromatic rings. The lowest BCUT2D eigenvalue weighted by atomic mass is 10.1. The van der Waals surface area contributed by atoms with Gasteiger partial charge in [0.2, 0.25) is 0 Å². The molecule has 6 nitrogen and oxygen atoms in total. The highest BCUT2D eigenvalue weighted by atomic mass is 35.5. The molecule has 0 heterocycles. The highest BCUT2D eigenvalue weighted by Crippen LogP contribution is 2.20. The Labute approximate surface area is 152 Å². The minimum atomic E-state index is -0.558. The minimum Gasteiger partial charge on any atom is -0.398 e. The molecule has 0 aromatic heterocycles. The van der Waals surface area contributed by atoms with Crippen molar-refractivity contribution in [2.75, 3.05) is 12.3 Å². The first-order valence-electron chi connectivity index (χ1n) is 7.95. The number of carbonyl (C=O) groups excluding carboxylic acids is 1. The Bertz CT molecular complexity index is 763. The van der Waals surface area contributed by atoms with Crippen LogP contribution in [0.3, 0.4) is 0 Å². The van der Waals surface area contributed by atoms with E-state index in [1.54, 1.807) is 0 Å². The van der Waals surface area contributed by atoms with Crippen molar-refractivity contribution < 1.29 is 9.72 Å². The number of hydrogen-bond donors (Lipinski definition) is 2. The maximum absolute atomic E-state index is 12.1. The van der Waals surface area contributed by atoms with Crippen LogP contribution < -0.4 is 11.1 Å². The second kappa shape index (κ2) is 9.64. The third-order valence-corrected chi connectivity index (χ3v) is 3.73. The Morgan fingerprint density at radius 3 is 2.48 bits per heavy atom. The molecule has 0 aliphatic heterocycles. The fraction of sp³-hybridized carbons (Fsp3) is 0.278. The normalized spacial score (nSPS) is 9.76. The first-order valence-corrected chi connectivity index (χ1v) is 8.33. The molecule has 2 rings (SSSR count). The van der Waals surface area contributed by atoms with Gasteiger partial charge in [-0.05, 0) is 36.6 Å². The highest BCUT2D eigenvalue weighted by molar-refractivity contribution is 6.31. The molecule has 0 unspecified atom stereocenters. The zero-order chi connectivity index (χ0) is 19.0. The number of rotatable bonds is 5. The summed E-state index contributed by atoms with van der Waals surface area (Å²) in [7, 11) is 0. The molecule has 0 saturated heterocycles. The molecule has 134 valence electrons. The summed E-state index contributed by atoms with van der Waals surface area (Å²) in [6.45, 7) is 6.34. The summed E-state index contributed by atoms with van der Waals surface area (Å²) in [6, 6.07) is 9.52. The summed E-state index contributed by atoms with van der Waals surface area (Å²) < 4.78 is 0. The van der Waals surface area contributed by atoms with E-state index in [0.717, 1.165) is 11.1 Å². The molecule has 0 bridgehead atoms. The lowest BCUT2D eigenvalue weighted by Gasteiger charge is -2.09. The average molecular weight is 364 g/mol. The second-order valence-electron chi connectivity index (χ2n) is 5.13. The number of benzene rings is 2. The summed E-state index contributed by atoms with van der Waals surface area (Å²) in [5.74, 6) is -0.374. The van der Waals surface area contributed by atoms with Gasteiger partial charge in [0, 0.05) is 23.7 Å². The van der Waals surface area contributed by atoms with Gasteiger partial charge in [0.25, 0.3) is 11.6 Å². The van der Waals surface area contributed by atoms with Crippen molar-refractivity contribution in [3.05, 3.63) is 68.2 Å². The number of carbonyl (C=O) groups is 1. The number of anilines is 1. The van der Waals surface area contributed by atoms with E-state index in [0.29, 0.717) is 18.0 Å². The number of amides is 1. The van der Waals surface area contributed by atoms with Gasteiger partial charge in [0.15, 0.2) is 0 Å². The van der Waals surface area contributed by atoms with Crippen molar-refractivity contribution in [3.63, 3.8) is 0 Å². The van der Waals surface area contributed by atoms with Crippen molar-refractivity contribution >= 4 is 28.9 Å².